The van der Waals surface area contributed by atoms with Crippen LogP contribution < -0.4 is 5.73 Å². The molecule has 0 saturated carbocycles. The van der Waals surface area contributed by atoms with Gasteiger partial charge in [-0.15, -0.1) is 5.10 Å². The van der Waals surface area contributed by atoms with E-state index in [-0.39, 0.29) is 12.4 Å². The third kappa shape index (κ3) is 5.30. The first-order valence-electron chi connectivity index (χ1n) is 10.9. The van der Waals surface area contributed by atoms with E-state index in [1.807, 2.05) is 51.1 Å². The van der Waals surface area contributed by atoms with Gasteiger partial charge in [0.1, 0.15) is 5.69 Å². The molecule has 3 N–H and O–H groups in total. The lowest BCUT2D eigenvalue weighted by atomic mass is 9.85. The summed E-state index contributed by atoms with van der Waals surface area (Å²) in [6.45, 7) is 5.93. The normalized spacial score (nSPS) is 11.3. The van der Waals surface area contributed by atoms with Gasteiger partial charge in [-0.25, -0.2) is 14.6 Å². The van der Waals surface area contributed by atoms with Gasteiger partial charge in [0.05, 0.1) is 47.9 Å². The number of nitrogens with two attached hydrogens (primary N) is 1. The minimum atomic E-state index is -0.874. The maximum atomic E-state index is 11.2. The number of nitrogens with zero attached hydrogens (tertiary/aromatic N) is 7. The van der Waals surface area contributed by atoms with Crippen molar-refractivity contribution in [3.8, 4) is 28.7 Å². The van der Waals surface area contributed by atoms with Crippen LogP contribution in [-0.2, 0) is 16.8 Å². The molecule has 0 aliphatic carbocycles. The number of pyridine rings is 1. The van der Waals surface area contributed by atoms with Crippen LogP contribution in [0.4, 0.5) is 5.95 Å². The molecule has 35 heavy (non-hydrogen) atoms. The zero-order valence-corrected chi connectivity index (χ0v) is 19.6. The molecule has 3 aromatic heterocycles. The van der Waals surface area contributed by atoms with Crippen molar-refractivity contribution in [2.24, 2.45) is 0 Å². The Bertz CT molecular complexity index is 1450. The molecule has 4 rings (SSSR count). The summed E-state index contributed by atoms with van der Waals surface area (Å²) < 4.78 is 1.63. The summed E-state index contributed by atoms with van der Waals surface area (Å²) in [4.78, 5) is 24.5. The van der Waals surface area contributed by atoms with Gasteiger partial charge < -0.3 is 10.8 Å². The van der Waals surface area contributed by atoms with E-state index in [1.165, 1.54) is 0 Å². The van der Waals surface area contributed by atoms with E-state index >= 15 is 0 Å². The van der Waals surface area contributed by atoms with Gasteiger partial charge in [0, 0.05) is 16.7 Å². The number of anilines is 1. The Morgan fingerprint density at radius 3 is 2.63 bits per heavy atom. The van der Waals surface area contributed by atoms with Crippen LogP contribution >= 0.6 is 0 Å². The molecule has 0 bridgehead atoms. The fraction of sp³-hybridized carbons (Fsp3) is 0.240. The highest BCUT2D eigenvalue weighted by Crippen LogP contribution is 2.27. The van der Waals surface area contributed by atoms with Crippen molar-refractivity contribution in [3.05, 3.63) is 71.2 Å². The molecule has 0 amide bonds. The summed E-state index contributed by atoms with van der Waals surface area (Å²) in [5.41, 5.74) is 10.6. The number of aryl methyl sites for hydroxylation is 1. The molecule has 0 aliphatic rings. The van der Waals surface area contributed by atoms with Crippen molar-refractivity contribution in [3.63, 3.8) is 0 Å². The minimum Gasteiger partial charge on any atom is -0.481 e. The Morgan fingerprint density at radius 1 is 1.11 bits per heavy atom. The SMILES string of the molecule is Cc1ccc(-c2cc(-c3cn(Cc4cccc(C(C)(C)CC(=O)O)n4)nn3)nc(N)n2)cc1C#N. The average Bonchev–Trinajstić information content (AvgIpc) is 3.27. The van der Waals surface area contributed by atoms with Crippen LogP contribution in [0, 0.1) is 18.3 Å². The molecule has 0 fully saturated rings. The summed E-state index contributed by atoms with van der Waals surface area (Å²) >= 11 is 0. The second kappa shape index (κ2) is 9.30. The van der Waals surface area contributed by atoms with E-state index in [1.54, 1.807) is 23.0 Å². The van der Waals surface area contributed by atoms with E-state index in [9.17, 15) is 15.2 Å². The number of aliphatic carboxylic acids is 1. The van der Waals surface area contributed by atoms with Gasteiger partial charge in [0.25, 0.3) is 0 Å². The number of hydrogen-bond donors (Lipinski definition) is 2. The largest absolute Gasteiger partial charge is 0.481 e. The van der Waals surface area contributed by atoms with Crippen LogP contribution in [0.3, 0.4) is 0 Å². The number of carboxylic acids is 1. The Morgan fingerprint density at radius 2 is 1.89 bits per heavy atom. The molecule has 0 spiro atoms. The first-order valence-corrected chi connectivity index (χ1v) is 10.9. The highest BCUT2D eigenvalue weighted by Gasteiger charge is 2.25. The molecule has 0 atom stereocenters. The molecule has 0 radical (unpaired) electrons. The number of carbonyl (C=O) groups is 1. The van der Waals surface area contributed by atoms with Gasteiger partial charge >= 0.3 is 5.97 Å². The Balaban J connectivity index is 1.60. The van der Waals surface area contributed by atoms with Crippen molar-refractivity contribution in [2.75, 3.05) is 5.73 Å². The highest BCUT2D eigenvalue weighted by atomic mass is 16.4. The van der Waals surface area contributed by atoms with Crippen molar-refractivity contribution in [2.45, 2.75) is 39.2 Å². The fourth-order valence-electron chi connectivity index (χ4n) is 3.72. The fourth-order valence-corrected chi connectivity index (χ4v) is 3.72. The quantitative estimate of drug-likeness (QED) is 0.415. The second-order valence-electron chi connectivity index (χ2n) is 8.91. The van der Waals surface area contributed by atoms with E-state index in [4.69, 9.17) is 5.73 Å². The van der Waals surface area contributed by atoms with Crippen LogP contribution in [0.5, 0.6) is 0 Å². The van der Waals surface area contributed by atoms with Gasteiger partial charge in [0.15, 0.2) is 0 Å². The lowest BCUT2D eigenvalue weighted by Crippen LogP contribution is -2.23. The molecular formula is C25H24N8O2. The van der Waals surface area contributed by atoms with E-state index in [0.717, 1.165) is 16.8 Å². The lowest BCUT2D eigenvalue weighted by Gasteiger charge is -2.22. The first-order chi connectivity index (χ1) is 16.6. The number of nitriles is 1. The van der Waals surface area contributed by atoms with E-state index < -0.39 is 11.4 Å². The minimum absolute atomic E-state index is 0.0226. The first kappa shape index (κ1) is 23.5. The van der Waals surface area contributed by atoms with Crippen LogP contribution in [-0.4, -0.2) is 41.0 Å². The molecule has 0 saturated heterocycles. The molecule has 3 heterocycles. The van der Waals surface area contributed by atoms with Crippen molar-refractivity contribution < 1.29 is 9.90 Å². The number of hydrogen-bond acceptors (Lipinski definition) is 8. The molecule has 10 heteroatoms. The van der Waals surface area contributed by atoms with Crippen molar-refractivity contribution in [1.29, 1.82) is 5.26 Å². The molecule has 176 valence electrons. The third-order valence-electron chi connectivity index (χ3n) is 5.62. The predicted molar refractivity (Wildman–Crippen MR) is 129 cm³/mol. The Kier molecular flexibility index (Phi) is 6.25. The topological polar surface area (TPSA) is 156 Å². The van der Waals surface area contributed by atoms with Gasteiger partial charge in [0.2, 0.25) is 5.95 Å². The zero-order valence-electron chi connectivity index (χ0n) is 19.6. The Labute approximate surface area is 202 Å². The standard InChI is InChI=1S/C25H24N8O2/c1-15-7-8-16(9-17(15)12-26)19-10-20(30-24(27)29-19)21-14-33(32-31-21)13-18-5-4-6-22(28-18)25(2,3)11-23(34)35/h4-10,14H,11,13H2,1-3H3,(H,34,35)(H2,27,29,30). The molecule has 4 aromatic rings. The van der Waals surface area contributed by atoms with E-state index in [2.05, 4.69) is 31.3 Å². The van der Waals surface area contributed by atoms with Crippen LogP contribution in [0.25, 0.3) is 22.6 Å². The maximum Gasteiger partial charge on any atom is 0.304 e. The molecule has 10 nitrogen and oxygen atoms in total. The lowest BCUT2D eigenvalue weighted by molar-refractivity contribution is -0.138. The van der Waals surface area contributed by atoms with Crippen LogP contribution in [0.15, 0.2) is 48.7 Å². The predicted octanol–water partition coefficient (Wildman–Crippen LogP) is 3.36. The van der Waals surface area contributed by atoms with Gasteiger partial charge in [-0.05, 0) is 36.8 Å². The summed E-state index contributed by atoms with van der Waals surface area (Å²) in [6, 6.07) is 15.0. The van der Waals surface area contributed by atoms with Gasteiger partial charge in [-0.1, -0.05) is 37.3 Å². The van der Waals surface area contributed by atoms with Crippen molar-refractivity contribution >= 4 is 11.9 Å². The highest BCUT2D eigenvalue weighted by molar-refractivity contribution is 5.69. The molecule has 0 aliphatic heterocycles. The van der Waals surface area contributed by atoms with Crippen molar-refractivity contribution in [1.82, 2.24) is 29.9 Å². The summed E-state index contributed by atoms with van der Waals surface area (Å²) in [5, 5.41) is 26.9. The number of carboxylic acid groups (broad SMARTS) is 1. The number of aromatic nitrogens is 6. The third-order valence-corrected chi connectivity index (χ3v) is 5.62. The van der Waals surface area contributed by atoms with Gasteiger partial charge in [-0.3, -0.25) is 9.78 Å². The van der Waals surface area contributed by atoms with E-state index in [0.29, 0.717) is 34.9 Å². The monoisotopic (exact) mass is 468 g/mol. The maximum absolute atomic E-state index is 11.2. The smallest absolute Gasteiger partial charge is 0.304 e. The molecular weight excluding hydrogens is 444 g/mol. The number of nitrogen functional groups attached to an aromatic ring is 1. The summed E-state index contributed by atoms with van der Waals surface area (Å²) in [6.07, 6.45) is 1.71. The number of benzene rings is 1. The van der Waals surface area contributed by atoms with Crippen LogP contribution in [0.1, 0.15) is 42.8 Å². The summed E-state index contributed by atoms with van der Waals surface area (Å²) in [5.74, 6) is -0.790. The Hall–Kier alpha value is -4.65. The van der Waals surface area contributed by atoms with Gasteiger partial charge in [-0.2, -0.15) is 5.26 Å². The molecule has 0 unspecified atom stereocenters. The zero-order chi connectivity index (χ0) is 25.2. The second-order valence-corrected chi connectivity index (χ2v) is 8.91. The summed E-state index contributed by atoms with van der Waals surface area (Å²) in [7, 11) is 0. The molecule has 1 aromatic carbocycles. The number of rotatable bonds is 7. The van der Waals surface area contributed by atoms with Crippen LogP contribution in [0.2, 0.25) is 0 Å². The average molecular weight is 469 g/mol.